The lowest BCUT2D eigenvalue weighted by atomic mass is 9.96. The molecule has 0 radical (unpaired) electrons. The molecule has 0 spiro atoms. The van der Waals surface area contributed by atoms with E-state index in [2.05, 4.69) is 0 Å². The minimum Gasteiger partial charge on any atom is -0.392 e. The van der Waals surface area contributed by atoms with Gasteiger partial charge in [-0.15, -0.1) is 0 Å². The summed E-state index contributed by atoms with van der Waals surface area (Å²) in [4.78, 5) is 0. The summed E-state index contributed by atoms with van der Waals surface area (Å²) in [5.41, 5.74) is 2.80. The van der Waals surface area contributed by atoms with Crippen LogP contribution in [0.1, 0.15) is 11.1 Å². The van der Waals surface area contributed by atoms with Crippen molar-refractivity contribution in [2.75, 3.05) is 0 Å². The highest BCUT2D eigenvalue weighted by Crippen LogP contribution is 2.27. The van der Waals surface area contributed by atoms with Crippen LogP contribution in [0.4, 0.5) is 8.78 Å². The molecule has 0 unspecified atom stereocenters. The molecule has 0 bridgehead atoms. The Labute approximate surface area is 98.3 Å². The number of aliphatic hydroxyl groups is 1. The molecule has 2 rings (SSSR count). The fraction of sp³-hybridized carbons (Fsp3) is 0.143. The Hall–Kier alpha value is -1.74. The SMILES string of the molecule is Cc1c(CO)cccc1-c1cc(F)cc(F)c1. The molecule has 0 fully saturated rings. The second kappa shape index (κ2) is 4.63. The lowest BCUT2D eigenvalue weighted by molar-refractivity contribution is 0.281. The zero-order valence-electron chi connectivity index (χ0n) is 9.37. The summed E-state index contributed by atoms with van der Waals surface area (Å²) in [5, 5.41) is 9.15. The van der Waals surface area contributed by atoms with Crippen molar-refractivity contribution in [1.29, 1.82) is 0 Å². The molecule has 0 saturated heterocycles. The highest BCUT2D eigenvalue weighted by atomic mass is 19.1. The maximum Gasteiger partial charge on any atom is 0.126 e. The van der Waals surface area contributed by atoms with Gasteiger partial charge in [-0.05, 0) is 41.3 Å². The predicted molar refractivity (Wildman–Crippen MR) is 62.5 cm³/mol. The molecule has 2 aromatic carbocycles. The summed E-state index contributed by atoms with van der Waals surface area (Å²) in [6.07, 6.45) is 0. The van der Waals surface area contributed by atoms with Gasteiger partial charge < -0.3 is 5.11 Å². The van der Waals surface area contributed by atoms with Crippen LogP contribution in [0.5, 0.6) is 0 Å². The van der Waals surface area contributed by atoms with Gasteiger partial charge in [0, 0.05) is 6.07 Å². The molecule has 0 saturated carbocycles. The van der Waals surface area contributed by atoms with Crippen molar-refractivity contribution in [3.8, 4) is 11.1 Å². The minimum atomic E-state index is -0.603. The van der Waals surface area contributed by atoms with E-state index in [0.717, 1.165) is 22.8 Å². The summed E-state index contributed by atoms with van der Waals surface area (Å²) in [7, 11) is 0. The van der Waals surface area contributed by atoms with Gasteiger partial charge in [0.2, 0.25) is 0 Å². The van der Waals surface area contributed by atoms with Gasteiger partial charge in [-0.3, -0.25) is 0 Å². The highest BCUT2D eigenvalue weighted by molar-refractivity contribution is 5.68. The first-order chi connectivity index (χ1) is 8.11. The summed E-state index contributed by atoms with van der Waals surface area (Å²) >= 11 is 0. The third kappa shape index (κ3) is 2.34. The predicted octanol–water partition coefficient (Wildman–Crippen LogP) is 3.43. The first-order valence-electron chi connectivity index (χ1n) is 5.27. The largest absolute Gasteiger partial charge is 0.392 e. The second-order valence-corrected chi connectivity index (χ2v) is 3.91. The van der Waals surface area contributed by atoms with E-state index in [9.17, 15) is 8.78 Å². The van der Waals surface area contributed by atoms with Crippen molar-refractivity contribution in [3.05, 3.63) is 59.2 Å². The Morgan fingerprint density at radius 1 is 1.06 bits per heavy atom. The van der Waals surface area contributed by atoms with Crippen LogP contribution in [-0.4, -0.2) is 5.11 Å². The van der Waals surface area contributed by atoms with E-state index in [4.69, 9.17) is 5.11 Å². The van der Waals surface area contributed by atoms with Crippen LogP contribution in [-0.2, 0) is 6.61 Å². The van der Waals surface area contributed by atoms with Crippen LogP contribution >= 0.6 is 0 Å². The Morgan fingerprint density at radius 2 is 1.71 bits per heavy atom. The zero-order valence-corrected chi connectivity index (χ0v) is 9.37. The van der Waals surface area contributed by atoms with E-state index in [1.165, 1.54) is 12.1 Å². The summed E-state index contributed by atoms with van der Waals surface area (Å²) < 4.78 is 26.3. The quantitative estimate of drug-likeness (QED) is 0.844. The van der Waals surface area contributed by atoms with Crippen molar-refractivity contribution in [3.63, 3.8) is 0 Å². The molecule has 0 aromatic heterocycles. The summed E-state index contributed by atoms with van der Waals surface area (Å²) in [6.45, 7) is 1.74. The van der Waals surface area contributed by atoms with Crippen LogP contribution < -0.4 is 0 Å². The molecule has 1 N–H and O–H groups in total. The third-order valence-corrected chi connectivity index (χ3v) is 2.79. The molecule has 0 aliphatic heterocycles. The molecule has 88 valence electrons. The van der Waals surface area contributed by atoms with Gasteiger partial charge in [-0.1, -0.05) is 18.2 Å². The molecule has 0 atom stereocenters. The average molecular weight is 234 g/mol. The smallest absolute Gasteiger partial charge is 0.126 e. The topological polar surface area (TPSA) is 20.2 Å². The highest BCUT2D eigenvalue weighted by Gasteiger charge is 2.08. The van der Waals surface area contributed by atoms with Crippen molar-refractivity contribution in [2.45, 2.75) is 13.5 Å². The number of halogens is 2. The monoisotopic (exact) mass is 234 g/mol. The third-order valence-electron chi connectivity index (χ3n) is 2.79. The number of aliphatic hydroxyl groups excluding tert-OH is 1. The van der Waals surface area contributed by atoms with Gasteiger partial charge in [-0.25, -0.2) is 8.78 Å². The van der Waals surface area contributed by atoms with Crippen LogP contribution in [0.2, 0.25) is 0 Å². The van der Waals surface area contributed by atoms with Crippen molar-refractivity contribution in [2.24, 2.45) is 0 Å². The molecular formula is C14H12F2O. The zero-order chi connectivity index (χ0) is 12.4. The Morgan fingerprint density at radius 3 is 2.29 bits per heavy atom. The number of rotatable bonds is 2. The van der Waals surface area contributed by atoms with E-state index >= 15 is 0 Å². The Balaban J connectivity index is 2.60. The second-order valence-electron chi connectivity index (χ2n) is 3.91. The maximum absolute atomic E-state index is 13.1. The molecular weight excluding hydrogens is 222 g/mol. The lowest BCUT2D eigenvalue weighted by Crippen LogP contribution is -1.93. The molecule has 0 heterocycles. The van der Waals surface area contributed by atoms with Crippen molar-refractivity contribution < 1.29 is 13.9 Å². The van der Waals surface area contributed by atoms with E-state index in [1.807, 2.05) is 6.92 Å². The van der Waals surface area contributed by atoms with E-state index in [0.29, 0.717) is 5.56 Å². The lowest BCUT2D eigenvalue weighted by Gasteiger charge is -2.10. The van der Waals surface area contributed by atoms with E-state index in [1.54, 1.807) is 18.2 Å². The molecule has 3 heteroatoms. The van der Waals surface area contributed by atoms with Gasteiger partial charge in [0.25, 0.3) is 0 Å². The molecule has 0 aliphatic rings. The van der Waals surface area contributed by atoms with Gasteiger partial charge in [-0.2, -0.15) is 0 Å². The standard InChI is InChI=1S/C14H12F2O/c1-9-10(8-17)3-2-4-14(9)11-5-12(15)7-13(16)6-11/h2-7,17H,8H2,1H3. The average Bonchev–Trinajstić information content (AvgIpc) is 2.28. The molecule has 0 aliphatic carbocycles. The van der Waals surface area contributed by atoms with Crippen LogP contribution in [0, 0.1) is 18.6 Å². The van der Waals surface area contributed by atoms with Crippen LogP contribution in [0.15, 0.2) is 36.4 Å². The molecule has 17 heavy (non-hydrogen) atoms. The summed E-state index contributed by atoms with van der Waals surface area (Å²) in [6, 6.07) is 8.74. The number of hydrogen-bond donors (Lipinski definition) is 1. The van der Waals surface area contributed by atoms with Gasteiger partial charge in [0.05, 0.1) is 6.61 Å². The number of hydrogen-bond acceptors (Lipinski definition) is 1. The molecule has 2 aromatic rings. The van der Waals surface area contributed by atoms with Crippen molar-refractivity contribution in [1.82, 2.24) is 0 Å². The van der Waals surface area contributed by atoms with Crippen molar-refractivity contribution >= 4 is 0 Å². The van der Waals surface area contributed by atoms with Crippen LogP contribution in [0.3, 0.4) is 0 Å². The van der Waals surface area contributed by atoms with Crippen LogP contribution in [0.25, 0.3) is 11.1 Å². The normalized spacial score (nSPS) is 10.6. The van der Waals surface area contributed by atoms with Gasteiger partial charge in [0.15, 0.2) is 0 Å². The number of benzene rings is 2. The van der Waals surface area contributed by atoms with Gasteiger partial charge in [0.1, 0.15) is 11.6 Å². The first kappa shape index (κ1) is 11.7. The molecule has 0 amide bonds. The summed E-state index contributed by atoms with van der Waals surface area (Å²) in [5.74, 6) is -1.21. The van der Waals surface area contributed by atoms with E-state index < -0.39 is 11.6 Å². The van der Waals surface area contributed by atoms with Gasteiger partial charge >= 0.3 is 0 Å². The Kier molecular flexibility index (Phi) is 3.20. The maximum atomic E-state index is 13.1. The fourth-order valence-corrected chi connectivity index (χ4v) is 1.88. The molecule has 1 nitrogen and oxygen atoms in total. The first-order valence-corrected chi connectivity index (χ1v) is 5.27. The van der Waals surface area contributed by atoms with E-state index in [-0.39, 0.29) is 6.61 Å². The Bertz CT molecular complexity index is 530. The minimum absolute atomic E-state index is 0.0858. The fourth-order valence-electron chi connectivity index (χ4n) is 1.88.